The first-order valence-electron chi connectivity index (χ1n) is 11.3. The molecule has 4 aromatic rings. The Kier molecular flexibility index (Phi) is 6.93. The summed E-state index contributed by atoms with van der Waals surface area (Å²) in [4.78, 5) is 15.2. The number of thioether (sulfide) groups is 1. The number of hydrogen-bond acceptors (Lipinski definition) is 6. The maximum atomic E-state index is 13.2. The maximum Gasteiger partial charge on any atom is 0.270 e. The van der Waals surface area contributed by atoms with Gasteiger partial charge in [-0.05, 0) is 52.2 Å². The molecule has 1 fully saturated rings. The van der Waals surface area contributed by atoms with Crippen LogP contribution < -0.4 is 19.1 Å². The summed E-state index contributed by atoms with van der Waals surface area (Å²) in [6.07, 6.45) is 1.81. The van der Waals surface area contributed by atoms with Gasteiger partial charge in [-0.1, -0.05) is 84.6 Å². The van der Waals surface area contributed by atoms with E-state index in [2.05, 4.69) is 24.3 Å². The molecular weight excluding hydrogens is 490 g/mol. The van der Waals surface area contributed by atoms with Crippen LogP contribution in [0.2, 0.25) is 0 Å². The quantitative estimate of drug-likeness (QED) is 0.199. The second-order valence-corrected chi connectivity index (χ2v) is 9.70. The number of rotatable bonds is 7. The van der Waals surface area contributed by atoms with Crippen molar-refractivity contribution >= 4 is 56.7 Å². The Labute approximate surface area is 219 Å². The van der Waals surface area contributed by atoms with Crippen molar-refractivity contribution < 1.29 is 19.0 Å². The van der Waals surface area contributed by atoms with Gasteiger partial charge in [0.25, 0.3) is 5.91 Å². The second kappa shape index (κ2) is 10.4. The van der Waals surface area contributed by atoms with E-state index in [1.54, 1.807) is 20.3 Å². The molecule has 1 aliphatic rings. The number of thiocarbonyl (C=S) groups is 1. The van der Waals surface area contributed by atoms with Gasteiger partial charge in [0.1, 0.15) is 12.4 Å². The van der Waals surface area contributed by atoms with Crippen molar-refractivity contribution in [2.24, 2.45) is 0 Å². The summed E-state index contributed by atoms with van der Waals surface area (Å²) in [6.45, 7) is 0.411. The Hall–Kier alpha value is -3.81. The molecule has 1 saturated heterocycles. The number of para-hydroxylation sites is 2. The van der Waals surface area contributed by atoms with E-state index in [-0.39, 0.29) is 5.91 Å². The Balaban J connectivity index is 1.37. The van der Waals surface area contributed by atoms with Crippen molar-refractivity contribution in [1.82, 2.24) is 0 Å². The number of fused-ring (bicyclic) bond motifs is 1. The number of methoxy groups -OCH3 is 2. The normalized spacial score (nSPS) is 14.5. The molecule has 1 heterocycles. The van der Waals surface area contributed by atoms with E-state index in [4.69, 9.17) is 26.4 Å². The van der Waals surface area contributed by atoms with Gasteiger partial charge in [0.15, 0.2) is 15.8 Å². The van der Waals surface area contributed by atoms with Crippen LogP contribution in [0.1, 0.15) is 11.1 Å². The average Bonchev–Trinajstić information content (AvgIpc) is 3.19. The summed E-state index contributed by atoms with van der Waals surface area (Å²) in [5, 5.41) is 2.33. The predicted octanol–water partition coefficient (Wildman–Crippen LogP) is 6.84. The van der Waals surface area contributed by atoms with Crippen LogP contribution in [0.5, 0.6) is 17.2 Å². The van der Waals surface area contributed by atoms with E-state index in [9.17, 15) is 4.79 Å². The van der Waals surface area contributed by atoms with E-state index < -0.39 is 0 Å². The van der Waals surface area contributed by atoms with Crippen LogP contribution in [0, 0.1) is 0 Å². The highest BCUT2D eigenvalue weighted by atomic mass is 32.2. The molecule has 0 saturated carbocycles. The molecule has 5 rings (SSSR count). The van der Waals surface area contributed by atoms with E-state index >= 15 is 0 Å². The van der Waals surface area contributed by atoms with Gasteiger partial charge >= 0.3 is 0 Å². The number of carbonyl (C=O) groups excluding carboxylic acids is 1. The molecule has 0 N–H and O–H groups in total. The van der Waals surface area contributed by atoms with Crippen LogP contribution >= 0.6 is 24.0 Å². The van der Waals surface area contributed by atoms with Gasteiger partial charge in [-0.25, -0.2) is 0 Å². The molecule has 1 amide bonds. The minimum absolute atomic E-state index is 0.190. The average molecular weight is 514 g/mol. The predicted molar refractivity (Wildman–Crippen MR) is 150 cm³/mol. The molecular formula is C29H23NO4S2. The lowest BCUT2D eigenvalue weighted by molar-refractivity contribution is -0.113. The van der Waals surface area contributed by atoms with Gasteiger partial charge in [0, 0.05) is 0 Å². The zero-order valence-corrected chi connectivity index (χ0v) is 21.4. The van der Waals surface area contributed by atoms with E-state index in [0.717, 1.165) is 16.5 Å². The van der Waals surface area contributed by atoms with Crippen molar-refractivity contribution in [1.29, 1.82) is 0 Å². The topological polar surface area (TPSA) is 48.0 Å². The first-order chi connectivity index (χ1) is 17.6. The third-order valence-corrected chi connectivity index (χ3v) is 7.17. The number of nitrogens with zero attached hydrogens (tertiary/aromatic N) is 1. The highest BCUT2D eigenvalue weighted by Gasteiger charge is 2.34. The number of anilines is 1. The fraction of sp³-hybridized carbons (Fsp3) is 0.103. The molecule has 0 radical (unpaired) electrons. The van der Waals surface area contributed by atoms with E-state index in [1.807, 2.05) is 60.7 Å². The molecule has 4 aromatic carbocycles. The van der Waals surface area contributed by atoms with E-state index in [1.165, 1.54) is 22.0 Å². The lowest BCUT2D eigenvalue weighted by atomic mass is 10.1. The minimum atomic E-state index is -0.190. The highest BCUT2D eigenvalue weighted by molar-refractivity contribution is 8.27. The zero-order chi connectivity index (χ0) is 25.1. The molecule has 7 heteroatoms. The summed E-state index contributed by atoms with van der Waals surface area (Å²) in [7, 11) is 3.17. The number of hydrogen-bond donors (Lipinski definition) is 0. The zero-order valence-electron chi connectivity index (χ0n) is 19.8. The van der Waals surface area contributed by atoms with Gasteiger partial charge in [-0.15, -0.1) is 0 Å². The highest BCUT2D eigenvalue weighted by Crippen LogP contribution is 2.40. The molecule has 0 aromatic heterocycles. The summed E-state index contributed by atoms with van der Waals surface area (Å²) in [5.74, 6) is 1.61. The van der Waals surface area contributed by atoms with Crippen LogP contribution in [0.4, 0.5) is 5.69 Å². The molecule has 1 aliphatic heterocycles. The molecule has 5 nitrogen and oxygen atoms in total. The Morgan fingerprint density at radius 1 is 0.861 bits per heavy atom. The fourth-order valence-corrected chi connectivity index (χ4v) is 5.39. The van der Waals surface area contributed by atoms with Gasteiger partial charge in [0.2, 0.25) is 0 Å². The second-order valence-electron chi connectivity index (χ2n) is 8.03. The first-order valence-corrected chi connectivity index (χ1v) is 12.5. The van der Waals surface area contributed by atoms with Crippen LogP contribution in [0.25, 0.3) is 16.8 Å². The van der Waals surface area contributed by atoms with Crippen LogP contribution in [0.3, 0.4) is 0 Å². The fourth-order valence-electron chi connectivity index (χ4n) is 4.11. The number of benzene rings is 4. The SMILES string of the molecule is COc1cc(/C=C2/SC(=S)N(c3ccccc3OC)C2=O)ccc1OCc1cccc2ccccc12. The third-order valence-electron chi connectivity index (χ3n) is 5.87. The molecule has 0 aliphatic carbocycles. The largest absolute Gasteiger partial charge is 0.495 e. The third kappa shape index (κ3) is 4.67. The Morgan fingerprint density at radius 2 is 1.61 bits per heavy atom. The number of carbonyl (C=O) groups is 1. The van der Waals surface area contributed by atoms with Crippen molar-refractivity contribution in [3.63, 3.8) is 0 Å². The molecule has 36 heavy (non-hydrogen) atoms. The first kappa shape index (κ1) is 23.9. The van der Waals surface area contributed by atoms with Crippen molar-refractivity contribution in [2.45, 2.75) is 6.61 Å². The maximum absolute atomic E-state index is 13.2. The lowest BCUT2D eigenvalue weighted by Crippen LogP contribution is -2.27. The smallest absolute Gasteiger partial charge is 0.270 e. The van der Waals surface area contributed by atoms with Crippen molar-refractivity contribution in [3.8, 4) is 17.2 Å². The monoisotopic (exact) mass is 513 g/mol. The van der Waals surface area contributed by atoms with Crippen molar-refractivity contribution in [3.05, 3.63) is 101 Å². The van der Waals surface area contributed by atoms with Crippen LogP contribution in [-0.2, 0) is 11.4 Å². The minimum Gasteiger partial charge on any atom is -0.495 e. The van der Waals surface area contributed by atoms with Gasteiger partial charge < -0.3 is 14.2 Å². The summed E-state index contributed by atoms with van der Waals surface area (Å²) in [6, 6.07) is 27.4. The molecule has 180 valence electrons. The lowest BCUT2D eigenvalue weighted by Gasteiger charge is -2.17. The van der Waals surface area contributed by atoms with E-state index in [0.29, 0.717) is 38.8 Å². The summed E-state index contributed by atoms with van der Waals surface area (Å²) in [5.41, 5.74) is 2.53. The molecule has 0 atom stereocenters. The van der Waals surface area contributed by atoms with Gasteiger partial charge in [0.05, 0.1) is 24.8 Å². The molecule has 0 unspecified atom stereocenters. The summed E-state index contributed by atoms with van der Waals surface area (Å²) >= 11 is 6.77. The van der Waals surface area contributed by atoms with Gasteiger partial charge in [-0.3, -0.25) is 9.69 Å². The van der Waals surface area contributed by atoms with Crippen molar-refractivity contribution in [2.75, 3.05) is 19.1 Å². The molecule has 0 spiro atoms. The number of ether oxygens (including phenoxy) is 3. The number of amides is 1. The summed E-state index contributed by atoms with van der Waals surface area (Å²) < 4.78 is 17.6. The van der Waals surface area contributed by atoms with Gasteiger partial charge in [-0.2, -0.15) is 0 Å². The Bertz CT molecular complexity index is 1490. The Morgan fingerprint density at radius 3 is 2.44 bits per heavy atom. The standard InChI is InChI=1S/C29H23NO4S2/c1-32-24-13-6-5-12-23(24)30-28(31)27(36-29(30)35)17-19-14-15-25(26(16-19)33-2)34-18-21-10-7-9-20-8-3-4-11-22(20)21/h3-17H,18H2,1-2H3/b27-17+. The van der Waals surface area contributed by atoms with Crippen LogP contribution in [0.15, 0.2) is 89.8 Å². The van der Waals surface area contributed by atoms with Crippen LogP contribution in [-0.4, -0.2) is 24.4 Å². The molecule has 0 bridgehead atoms.